The Morgan fingerprint density at radius 3 is 2.93 bits per heavy atom. The minimum atomic E-state index is -0.834. The largest absolute Gasteiger partial charge is 0.461 e. The van der Waals surface area contributed by atoms with Crippen LogP contribution in [0.4, 0.5) is 15.9 Å². The van der Waals surface area contributed by atoms with Gasteiger partial charge in [-0.15, -0.1) is 0 Å². The van der Waals surface area contributed by atoms with Gasteiger partial charge in [-0.3, -0.25) is 9.69 Å². The van der Waals surface area contributed by atoms with Crippen LogP contribution >= 0.6 is 0 Å². The predicted octanol–water partition coefficient (Wildman–Crippen LogP) is 2.52. The number of hydrogen-bond donors (Lipinski definition) is 2. The number of fused-ring (bicyclic) bond motifs is 4. The highest BCUT2D eigenvalue weighted by Gasteiger charge is 2.52. The number of nitrogens with two attached hydrogens (primary N) is 1. The maximum Gasteiger partial charge on any atom is 0.318 e. The monoisotopic (exact) mass is 573 g/mol. The molecule has 5 aliphatic heterocycles. The third-order valence-electron chi connectivity index (χ3n) is 10.7. The lowest BCUT2D eigenvalue weighted by Gasteiger charge is -2.49. The van der Waals surface area contributed by atoms with Crippen molar-refractivity contribution in [2.45, 2.75) is 75.3 Å². The quantitative estimate of drug-likeness (QED) is 0.530. The highest BCUT2D eigenvalue weighted by molar-refractivity contribution is 5.80. The third-order valence-corrected chi connectivity index (χ3v) is 10.7. The van der Waals surface area contributed by atoms with Crippen LogP contribution in [0.25, 0.3) is 0 Å². The molecule has 0 saturated carbocycles. The summed E-state index contributed by atoms with van der Waals surface area (Å²) in [4.78, 5) is 26.3. The first kappa shape index (κ1) is 26.2. The van der Waals surface area contributed by atoms with Crippen molar-refractivity contribution in [1.29, 1.82) is 5.26 Å². The van der Waals surface area contributed by atoms with Crippen LogP contribution in [0.1, 0.15) is 66.5 Å². The van der Waals surface area contributed by atoms with Gasteiger partial charge in [-0.2, -0.15) is 15.2 Å². The van der Waals surface area contributed by atoms with E-state index in [0.717, 1.165) is 79.9 Å². The molecule has 42 heavy (non-hydrogen) atoms. The van der Waals surface area contributed by atoms with Gasteiger partial charge < -0.3 is 25.4 Å². The van der Waals surface area contributed by atoms with Crippen molar-refractivity contribution in [2.75, 3.05) is 50.0 Å². The van der Waals surface area contributed by atoms with Gasteiger partial charge in [0.05, 0.1) is 23.4 Å². The summed E-state index contributed by atoms with van der Waals surface area (Å²) in [6, 6.07) is 6.49. The maximum atomic E-state index is 14.4. The molecule has 4 fully saturated rings. The van der Waals surface area contributed by atoms with Crippen LogP contribution in [0.3, 0.4) is 0 Å². The molecule has 2 spiro atoms. The second kappa shape index (κ2) is 9.25. The number of aromatic nitrogens is 2. The van der Waals surface area contributed by atoms with Crippen molar-refractivity contribution in [3.63, 3.8) is 0 Å². The molecule has 0 bridgehead atoms. The number of ether oxygens (including phenoxy) is 2. The molecule has 1 amide bonds. The fraction of sp³-hybridized carbons (Fsp3) is 0.613. The predicted molar refractivity (Wildman–Crippen MR) is 152 cm³/mol. The Bertz CT molecular complexity index is 1520. The van der Waals surface area contributed by atoms with E-state index in [9.17, 15) is 14.4 Å². The number of nitrogens with one attached hydrogen (secondary N) is 1. The number of nitrogens with zero attached hydrogens (tertiary/aromatic N) is 5. The Labute approximate surface area is 244 Å². The summed E-state index contributed by atoms with van der Waals surface area (Å²) >= 11 is 0. The van der Waals surface area contributed by atoms with E-state index in [1.807, 2.05) is 12.1 Å². The molecule has 0 unspecified atom stereocenters. The summed E-state index contributed by atoms with van der Waals surface area (Å²) in [6.07, 6.45) is 5.19. The Morgan fingerprint density at radius 2 is 2.12 bits per heavy atom. The molecule has 4 saturated heterocycles. The molecule has 6 aliphatic rings. The summed E-state index contributed by atoms with van der Waals surface area (Å²) in [5.41, 5.74) is 9.95. The molecule has 6 heterocycles. The Hall–Kier alpha value is -3.49. The number of alkyl halides is 1. The maximum absolute atomic E-state index is 14.4. The molecular formula is C31H36FN7O3. The summed E-state index contributed by atoms with van der Waals surface area (Å²) in [5, 5.41) is 13.1. The number of benzene rings is 1. The first-order valence-electron chi connectivity index (χ1n) is 15.2. The zero-order valence-corrected chi connectivity index (χ0v) is 23.8. The van der Waals surface area contributed by atoms with Crippen LogP contribution < -0.4 is 20.7 Å². The smallest absolute Gasteiger partial charge is 0.318 e. The molecule has 1 aromatic carbocycles. The van der Waals surface area contributed by atoms with Crippen molar-refractivity contribution >= 4 is 17.4 Å². The molecule has 1 aliphatic carbocycles. The van der Waals surface area contributed by atoms with Crippen LogP contribution in [0.2, 0.25) is 0 Å². The number of halogens is 1. The van der Waals surface area contributed by atoms with Crippen LogP contribution in [-0.4, -0.2) is 71.8 Å². The van der Waals surface area contributed by atoms with Gasteiger partial charge in [0.1, 0.15) is 30.3 Å². The number of rotatable bonds is 4. The van der Waals surface area contributed by atoms with Gasteiger partial charge in [-0.25, -0.2) is 4.39 Å². The molecule has 220 valence electrons. The van der Waals surface area contributed by atoms with Crippen LogP contribution in [0, 0.1) is 16.7 Å². The van der Waals surface area contributed by atoms with E-state index in [1.165, 1.54) is 0 Å². The van der Waals surface area contributed by atoms with Crippen molar-refractivity contribution in [2.24, 2.45) is 5.41 Å². The molecule has 0 radical (unpaired) electrons. The normalized spacial score (nSPS) is 30.9. The lowest BCUT2D eigenvalue weighted by molar-refractivity contribution is -0.119. The fourth-order valence-corrected chi connectivity index (χ4v) is 8.70. The molecular weight excluding hydrogens is 537 g/mol. The van der Waals surface area contributed by atoms with Gasteiger partial charge in [0.25, 0.3) is 0 Å². The van der Waals surface area contributed by atoms with Crippen molar-refractivity contribution in [3.8, 4) is 12.1 Å². The van der Waals surface area contributed by atoms with Gasteiger partial charge in [0.2, 0.25) is 5.91 Å². The van der Waals surface area contributed by atoms with Crippen LogP contribution in [-0.2, 0) is 34.6 Å². The summed E-state index contributed by atoms with van der Waals surface area (Å²) in [6.45, 7) is 4.15. The second-order valence-corrected chi connectivity index (χ2v) is 13.4. The Kier molecular flexibility index (Phi) is 5.76. The summed E-state index contributed by atoms with van der Waals surface area (Å²) < 4.78 is 27.5. The zero-order valence-electron chi connectivity index (χ0n) is 23.8. The second-order valence-electron chi connectivity index (χ2n) is 13.4. The SMILES string of the molecule is N#Cc1c(N)ccc2c1[C@]1(CCC2)Cc2nc(OC[C@@]34CCCN3C[C@H](F)C4)nc(N3CC4(CNC(=O)C4)C3)c2CO1. The highest BCUT2D eigenvalue weighted by Crippen LogP contribution is 2.49. The first-order valence-corrected chi connectivity index (χ1v) is 15.2. The molecule has 2 aromatic rings. The van der Waals surface area contributed by atoms with Crippen LogP contribution in [0.5, 0.6) is 6.01 Å². The zero-order chi connectivity index (χ0) is 28.7. The minimum absolute atomic E-state index is 0.0719. The topological polar surface area (TPSA) is 130 Å². The number of hydrogen-bond acceptors (Lipinski definition) is 9. The van der Waals surface area contributed by atoms with Gasteiger partial charge in [0, 0.05) is 67.7 Å². The van der Waals surface area contributed by atoms with E-state index in [2.05, 4.69) is 21.2 Å². The number of nitrogen functional groups attached to an aromatic ring is 1. The fourth-order valence-electron chi connectivity index (χ4n) is 8.70. The number of amides is 1. The van der Waals surface area contributed by atoms with Gasteiger partial charge >= 0.3 is 6.01 Å². The average Bonchev–Trinajstić information content (AvgIpc) is 3.62. The van der Waals surface area contributed by atoms with E-state index < -0.39 is 11.8 Å². The Morgan fingerprint density at radius 1 is 1.24 bits per heavy atom. The van der Waals surface area contributed by atoms with Crippen molar-refractivity contribution in [3.05, 3.63) is 40.1 Å². The highest BCUT2D eigenvalue weighted by atomic mass is 19.1. The summed E-state index contributed by atoms with van der Waals surface area (Å²) in [5.74, 6) is 0.884. The number of carbonyl (C=O) groups excluding carboxylic acids is 1. The molecule has 11 heteroatoms. The number of nitriles is 1. The van der Waals surface area contributed by atoms with Gasteiger partial charge in [-0.1, -0.05) is 6.07 Å². The van der Waals surface area contributed by atoms with E-state index in [-0.39, 0.29) is 16.9 Å². The molecule has 8 rings (SSSR count). The van der Waals surface area contributed by atoms with E-state index in [0.29, 0.717) is 62.8 Å². The Balaban J connectivity index is 1.15. The summed E-state index contributed by atoms with van der Waals surface area (Å²) in [7, 11) is 0. The van der Waals surface area contributed by atoms with Gasteiger partial charge in [0.15, 0.2) is 0 Å². The van der Waals surface area contributed by atoms with E-state index in [4.69, 9.17) is 25.2 Å². The van der Waals surface area contributed by atoms with Crippen molar-refractivity contribution in [1.82, 2.24) is 20.2 Å². The molecule has 3 N–H and O–H groups in total. The molecule has 3 atom stereocenters. The number of aryl methyl sites for hydroxylation is 1. The van der Waals surface area contributed by atoms with E-state index >= 15 is 0 Å². The van der Waals surface area contributed by atoms with Crippen molar-refractivity contribution < 1.29 is 18.7 Å². The van der Waals surface area contributed by atoms with Gasteiger partial charge in [-0.05, 0) is 50.3 Å². The first-order chi connectivity index (χ1) is 20.3. The van der Waals surface area contributed by atoms with Crippen LogP contribution in [0.15, 0.2) is 12.1 Å². The number of anilines is 2. The lowest BCUT2D eigenvalue weighted by Crippen LogP contribution is -2.58. The third kappa shape index (κ3) is 3.91. The number of carbonyl (C=O) groups is 1. The van der Waals surface area contributed by atoms with E-state index in [1.54, 1.807) is 0 Å². The molecule has 10 nitrogen and oxygen atoms in total. The molecule has 1 aromatic heterocycles. The standard InChI is InChI=1S/C31H36FN7O3/c32-20-9-30(6-2-8-39(30)13-20)18-41-28-36-24-10-31(7-1-3-19-4-5-23(34)21(12-33)26(19)31)42-14-22(24)27(37-28)38-16-29(17-38)11-25(40)35-15-29/h4-5,20H,1-3,6-11,13-18,34H2,(H,35,40)/t20-,30+,31+/m1/s1. The average molecular weight is 574 g/mol. The lowest BCUT2D eigenvalue weighted by atomic mass is 9.72. The minimum Gasteiger partial charge on any atom is -0.461 e.